The van der Waals surface area contributed by atoms with Crippen LogP contribution in [0.2, 0.25) is 5.02 Å². The highest BCUT2D eigenvalue weighted by Crippen LogP contribution is 2.12. The molecule has 1 amide bonds. The Balaban J connectivity index is 2.08. The van der Waals surface area contributed by atoms with Gasteiger partial charge in [-0.2, -0.15) is 0 Å². The van der Waals surface area contributed by atoms with Gasteiger partial charge in [0.1, 0.15) is 6.04 Å². The van der Waals surface area contributed by atoms with Crippen molar-refractivity contribution in [3.8, 4) is 0 Å². The average molecular weight is 430 g/mol. The average Bonchev–Trinajstić information content (AvgIpc) is 2.49. The fourth-order valence-corrected chi connectivity index (χ4v) is 2.38. The molecule has 114 valence electrons. The van der Waals surface area contributed by atoms with E-state index in [9.17, 15) is 14.7 Å². The highest BCUT2D eigenvalue weighted by molar-refractivity contribution is 14.1. The molecule has 4 nitrogen and oxygen atoms in total. The van der Waals surface area contributed by atoms with Crippen LogP contribution in [0.4, 0.5) is 0 Å². The number of halogens is 2. The van der Waals surface area contributed by atoms with Gasteiger partial charge in [0, 0.05) is 20.6 Å². The number of carbonyl (C=O) groups is 2. The van der Waals surface area contributed by atoms with Gasteiger partial charge in [-0.05, 0) is 64.6 Å². The van der Waals surface area contributed by atoms with E-state index < -0.39 is 17.9 Å². The molecule has 0 aromatic heterocycles. The molecule has 0 aliphatic carbocycles. The first-order valence-electron chi connectivity index (χ1n) is 6.49. The standard InChI is InChI=1S/C16H13ClINO3/c17-12-5-1-10(2-6-12)9-14(16(21)22)19-15(20)11-3-7-13(18)8-4-11/h1-8,14H,9H2,(H,19,20)(H,21,22)/t14-/m0/s1. The van der Waals surface area contributed by atoms with Crippen LogP contribution in [-0.2, 0) is 11.2 Å². The van der Waals surface area contributed by atoms with Crippen LogP contribution in [-0.4, -0.2) is 23.0 Å². The highest BCUT2D eigenvalue weighted by atomic mass is 127. The van der Waals surface area contributed by atoms with Crippen LogP contribution in [0, 0.1) is 3.57 Å². The molecule has 0 fully saturated rings. The lowest BCUT2D eigenvalue weighted by molar-refractivity contribution is -0.139. The van der Waals surface area contributed by atoms with Crippen molar-refractivity contribution in [2.75, 3.05) is 0 Å². The Kier molecular flexibility index (Phi) is 5.79. The smallest absolute Gasteiger partial charge is 0.326 e. The predicted octanol–water partition coefficient (Wildman–Crippen LogP) is 3.37. The minimum atomic E-state index is -1.08. The maximum absolute atomic E-state index is 12.1. The molecule has 6 heteroatoms. The SMILES string of the molecule is O=C(N[C@@H](Cc1ccc(Cl)cc1)C(=O)O)c1ccc(I)cc1. The number of benzene rings is 2. The number of hydrogen-bond acceptors (Lipinski definition) is 2. The Morgan fingerprint density at radius 1 is 1.09 bits per heavy atom. The zero-order chi connectivity index (χ0) is 16.1. The fraction of sp³-hybridized carbons (Fsp3) is 0.125. The Bertz CT molecular complexity index is 671. The summed E-state index contributed by atoms with van der Waals surface area (Å²) in [7, 11) is 0. The Hall–Kier alpha value is -1.60. The number of carboxylic acid groups (broad SMARTS) is 1. The number of nitrogens with one attached hydrogen (secondary N) is 1. The number of hydrogen-bond donors (Lipinski definition) is 2. The molecule has 1 atom stereocenters. The van der Waals surface area contributed by atoms with Gasteiger partial charge < -0.3 is 10.4 Å². The summed E-state index contributed by atoms with van der Waals surface area (Å²) in [6.45, 7) is 0. The Morgan fingerprint density at radius 3 is 2.23 bits per heavy atom. The number of carbonyl (C=O) groups excluding carboxylic acids is 1. The molecule has 0 radical (unpaired) electrons. The van der Waals surface area contributed by atoms with Gasteiger partial charge >= 0.3 is 5.97 Å². The predicted molar refractivity (Wildman–Crippen MR) is 93.2 cm³/mol. The lowest BCUT2D eigenvalue weighted by Crippen LogP contribution is -2.42. The summed E-state index contributed by atoms with van der Waals surface area (Å²) in [5.74, 6) is -1.48. The first-order chi connectivity index (χ1) is 10.5. The Morgan fingerprint density at radius 2 is 1.68 bits per heavy atom. The molecular formula is C16H13ClINO3. The first-order valence-corrected chi connectivity index (χ1v) is 7.95. The summed E-state index contributed by atoms with van der Waals surface area (Å²) < 4.78 is 1.00. The molecule has 22 heavy (non-hydrogen) atoms. The molecule has 0 bridgehead atoms. The van der Waals surface area contributed by atoms with Crippen molar-refractivity contribution in [2.24, 2.45) is 0 Å². The summed E-state index contributed by atoms with van der Waals surface area (Å²) in [4.78, 5) is 23.5. The van der Waals surface area contributed by atoms with E-state index in [2.05, 4.69) is 27.9 Å². The van der Waals surface area contributed by atoms with Crippen molar-refractivity contribution in [3.63, 3.8) is 0 Å². The topological polar surface area (TPSA) is 66.4 Å². The zero-order valence-electron chi connectivity index (χ0n) is 11.4. The molecule has 0 aliphatic heterocycles. The van der Waals surface area contributed by atoms with Gasteiger partial charge in [-0.3, -0.25) is 4.79 Å². The number of aliphatic carboxylic acids is 1. The highest BCUT2D eigenvalue weighted by Gasteiger charge is 2.21. The molecule has 0 aliphatic rings. The second kappa shape index (κ2) is 7.60. The second-order valence-electron chi connectivity index (χ2n) is 4.70. The number of carboxylic acids is 1. The van der Waals surface area contributed by atoms with E-state index in [1.165, 1.54) is 0 Å². The van der Waals surface area contributed by atoms with Crippen LogP contribution in [0.3, 0.4) is 0 Å². The molecule has 0 unspecified atom stereocenters. The third-order valence-electron chi connectivity index (χ3n) is 3.06. The summed E-state index contributed by atoms with van der Waals surface area (Å²) in [5.41, 5.74) is 1.22. The lowest BCUT2D eigenvalue weighted by Gasteiger charge is -2.15. The maximum Gasteiger partial charge on any atom is 0.326 e. The Labute approximate surface area is 146 Å². The third kappa shape index (κ3) is 4.71. The molecule has 2 aromatic rings. The van der Waals surface area contributed by atoms with E-state index in [4.69, 9.17) is 11.6 Å². The normalized spacial score (nSPS) is 11.7. The molecule has 2 N–H and O–H groups in total. The maximum atomic E-state index is 12.1. The van der Waals surface area contributed by atoms with Gasteiger partial charge in [-0.15, -0.1) is 0 Å². The molecule has 2 aromatic carbocycles. The van der Waals surface area contributed by atoms with Crippen molar-refractivity contribution in [3.05, 3.63) is 68.3 Å². The van der Waals surface area contributed by atoms with Crippen LogP contribution < -0.4 is 5.32 Å². The largest absolute Gasteiger partial charge is 0.480 e. The van der Waals surface area contributed by atoms with E-state index in [-0.39, 0.29) is 6.42 Å². The van der Waals surface area contributed by atoms with Crippen LogP contribution in [0.25, 0.3) is 0 Å². The second-order valence-corrected chi connectivity index (χ2v) is 6.38. The van der Waals surface area contributed by atoms with Crippen LogP contribution in [0.15, 0.2) is 48.5 Å². The van der Waals surface area contributed by atoms with Crippen molar-refractivity contribution in [2.45, 2.75) is 12.5 Å². The first kappa shape index (κ1) is 16.8. The van der Waals surface area contributed by atoms with Gasteiger partial charge in [-0.1, -0.05) is 23.7 Å². The van der Waals surface area contributed by atoms with E-state index in [1.807, 2.05) is 0 Å². The monoisotopic (exact) mass is 429 g/mol. The van der Waals surface area contributed by atoms with Crippen molar-refractivity contribution >= 4 is 46.1 Å². The summed E-state index contributed by atoms with van der Waals surface area (Å²) in [5, 5.41) is 12.4. The summed E-state index contributed by atoms with van der Waals surface area (Å²) in [6.07, 6.45) is 0.197. The number of rotatable bonds is 5. The minimum Gasteiger partial charge on any atom is -0.480 e. The minimum absolute atomic E-state index is 0.197. The van der Waals surface area contributed by atoms with Gasteiger partial charge in [0.25, 0.3) is 5.91 Å². The zero-order valence-corrected chi connectivity index (χ0v) is 14.3. The van der Waals surface area contributed by atoms with E-state index in [0.717, 1.165) is 9.13 Å². The molecule has 0 saturated carbocycles. The summed E-state index contributed by atoms with van der Waals surface area (Å²) in [6, 6.07) is 12.8. The van der Waals surface area contributed by atoms with Gasteiger partial charge in [0.2, 0.25) is 0 Å². The van der Waals surface area contributed by atoms with Crippen LogP contribution in [0.5, 0.6) is 0 Å². The molecular weight excluding hydrogens is 417 g/mol. The van der Waals surface area contributed by atoms with E-state index in [0.29, 0.717) is 10.6 Å². The van der Waals surface area contributed by atoms with E-state index >= 15 is 0 Å². The van der Waals surface area contributed by atoms with Crippen LogP contribution in [0.1, 0.15) is 15.9 Å². The number of amides is 1. The van der Waals surface area contributed by atoms with Crippen molar-refractivity contribution in [1.82, 2.24) is 5.32 Å². The van der Waals surface area contributed by atoms with Crippen molar-refractivity contribution < 1.29 is 14.7 Å². The van der Waals surface area contributed by atoms with E-state index in [1.54, 1.807) is 48.5 Å². The summed E-state index contributed by atoms with van der Waals surface area (Å²) >= 11 is 7.94. The molecule has 2 rings (SSSR count). The van der Waals surface area contributed by atoms with Gasteiger partial charge in [0.15, 0.2) is 0 Å². The fourth-order valence-electron chi connectivity index (χ4n) is 1.90. The van der Waals surface area contributed by atoms with Gasteiger partial charge in [0.05, 0.1) is 0 Å². The van der Waals surface area contributed by atoms with Crippen molar-refractivity contribution in [1.29, 1.82) is 0 Å². The van der Waals surface area contributed by atoms with Gasteiger partial charge in [-0.25, -0.2) is 4.79 Å². The quantitative estimate of drug-likeness (QED) is 0.716. The molecule has 0 heterocycles. The molecule has 0 spiro atoms. The van der Waals surface area contributed by atoms with Crippen LogP contribution >= 0.6 is 34.2 Å². The lowest BCUT2D eigenvalue weighted by atomic mass is 10.1. The molecule has 0 saturated heterocycles. The third-order valence-corrected chi connectivity index (χ3v) is 4.03.